The number of carbonyl (C=O) groups is 2. The molecule has 9 heteroatoms. The molecule has 2 amide bonds. The van der Waals surface area contributed by atoms with Gasteiger partial charge in [0.15, 0.2) is 0 Å². The molecule has 1 aromatic carbocycles. The number of hydrogen-bond donors (Lipinski definition) is 2. The predicted octanol–water partition coefficient (Wildman–Crippen LogP) is 1.85. The number of hydrogen-bond acceptors (Lipinski definition) is 3. The van der Waals surface area contributed by atoms with Crippen LogP contribution in [0, 0.1) is 11.7 Å². The summed E-state index contributed by atoms with van der Waals surface area (Å²) in [6.45, 7) is 2.02. The second-order valence-electron chi connectivity index (χ2n) is 5.77. The van der Waals surface area contributed by atoms with E-state index in [2.05, 4.69) is 10.2 Å². The van der Waals surface area contributed by atoms with Gasteiger partial charge in [0.1, 0.15) is 5.82 Å². The van der Waals surface area contributed by atoms with Gasteiger partial charge in [-0.25, -0.2) is 4.39 Å². The van der Waals surface area contributed by atoms with Gasteiger partial charge in [-0.2, -0.15) is 13.2 Å². The molecular weight excluding hydrogens is 330 g/mol. The van der Waals surface area contributed by atoms with E-state index in [-0.39, 0.29) is 11.6 Å². The number of nitrogens with one attached hydrogen (secondary N) is 2. The molecule has 1 aliphatic heterocycles. The molecule has 1 aliphatic rings. The SMILES string of the molecule is CN1CCC(CNC(=O)C(=O)Nc2ccc(F)c(C(F)(F)F)c2)C1. The number of halogens is 4. The van der Waals surface area contributed by atoms with E-state index in [4.69, 9.17) is 0 Å². The van der Waals surface area contributed by atoms with Gasteiger partial charge < -0.3 is 15.5 Å². The van der Waals surface area contributed by atoms with E-state index in [0.29, 0.717) is 18.7 Å². The highest BCUT2D eigenvalue weighted by molar-refractivity contribution is 6.39. The lowest BCUT2D eigenvalue weighted by atomic mass is 10.1. The fourth-order valence-corrected chi connectivity index (χ4v) is 2.52. The lowest BCUT2D eigenvalue weighted by Gasteiger charge is -2.13. The molecule has 0 spiro atoms. The summed E-state index contributed by atoms with van der Waals surface area (Å²) in [6, 6.07) is 2.00. The van der Waals surface area contributed by atoms with Crippen molar-refractivity contribution >= 4 is 17.5 Å². The zero-order valence-corrected chi connectivity index (χ0v) is 12.9. The van der Waals surface area contributed by atoms with Crippen LogP contribution in [0.1, 0.15) is 12.0 Å². The van der Waals surface area contributed by atoms with E-state index in [9.17, 15) is 27.2 Å². The van der Waals surface area contributed by atoms with Crippen LogP contribution in [0.4, 0.5) is 23.2 Å². The number of carbonyl (C=O) groups excluding carboxylic acids is 2. The van der Waals surface area contributed by atoms with Gasteiger partial charge in [0.25, 0.3) is 0 Å². The van der Waals surface area contributed by atoms with Gasteiger partial charge in [0.05, 0.1) is 5.56 Å². The molecule has 1 unspecified atom stereocenters. The minimum Gasteiger partial charge on any atom is -0.347 e. The van der Waals surface area contributed by atoms with E-state index < -0.39 is 29.4 Å². The molecular formula is C15H17F4N3O2. The maximum Gasteiger partial charge on any atom is 0.419 e. The van der Waals surface area contributed by atoms with Gasteiger partial charge >= 0.3 is 18.0 Å². The van der Waals surface area contributed by atoms with Crippen molar-refractivity contribution in [3.8, 4) is 0 Å². The van der Waals surface area contributed by atoms with Crippen LogP contribution in [-0.4, -0.2) is 43.4 Å². The second kappa shape index (κ2) is 7.16. The Morgan fingerprint density at radius 2 is 2.00 bits per heavy atom. The van der Waals surface area contributed by atoms with Crippen molar-refractivity contribution in [2.24, 2.45) is 5.92 Å². The summed E-state index contributed by atoms with van der Waals surface area (Å²) in [7, 11) is 1.95. The third-order valence-electron chi connectivity index (χ3n) is 3.78. The Labute approximate surface area is 136 Å². The number of nitrogens with zero attached hydrogens (tertiary/aromatic N) is 1. The summed E-state index contributed by atoms with van der Waals surface area (Å²) in [5, 5.41) is 4.48. The molecule has 1 atom stereocenters. The standard InChI is InChI=1S/C15H17F4N3O2/c1-22-5-4-9(8-22)7-20-13(23)14(24)21-10-2-3-12(16)11(6-10)15(17,18)19/h2-3,6,9H,4-5,7-8H2,1H3,(H,20,23)(H,21,24). The maximum absolute atomic E-state index is 13.2. The summed E-state index contributed by atoms with van der Waals surface area (Å²) in [5.74, 6) is -3.26. The summed E-state index contributed by atoms with van der Waals surface area (Å²) in [4.78, 5) is 25.5. The molecule has 0 bridgehead atoms. The highest BCUT2D eigenvalue weighted by Gasteiger charge is 2.34. The fraction of sp³-hybridized carbons (Fsp3) is 0.467. The Bertz CT molecular complexity index is 634. The third-order valence-corrected chi connectivity index (χ3v) is 3.78. The largest absolute Gasteiger partial charge is 0.419 e. The predicted molar refractivity (Wildman–Crippen MR) is 78.6 cm³/mol. The number of amides is 2. The molecule has 1 saturated heterocycles. The van der Waals surface area contributed by atoms with E-state index >= 15 is 0 Å². The van der Waals surface area contributed by atoms with Crippen LogP contribution in [0.25, 0.3) is 0 Å². The van der Waals surface area contributed by atoms with Gasteiger partial charge in [-0.3, -0.25) is 9.59 Å². The Hall–Kier alpha value is -2.16. The molecule has 2 rings (SSSR count). The van der Waals surface area contributed by atoms with Crippen LogP contribution in [0.3, 0.4) is 0 Å². The topological polar surface area (TPSA) is 61.4 Å². The second-order valence-corrected chi connectivity index (χ2v) is 5.77. The third kappa shape index (κ3) is 4.67. The molecule has 24 heavy (non-hydrogen) atoms. The van der Waals surface area contributed by atoms with Crippen molar-refractivity contribution in [3.05, 3.63) is 29.6 Å². The lowest BCUT2D eigenvalue weighted by Crippen LogP contribution is -2.38. The number of alkyl halides is 3. The van der Waals surface area contributed by atoms with Gasteiger partial charge in [-0.1, -0.05) is 0 Å². The molecule has 0 radical (unpaired) electrons. The minimum absolute atomic E-state index is 0.231. The van der Waals surface area contributed by atoms with E-state index in [1.54, 1.807) is 0 Å². The smallest absolute Gasteiger partial charge is 0.347 e. The molecule has 132 valence electrons. The van der Waals surface area contributed by atoms with Crippen molar-refractivity contribution in [1.82, 2.24) is 10.2 Å². The van der Waals surface area contributed by atoms with Gasteiger partial charge in [0.2, 0.25) is 0 Å². The number of benzene rings is 1. The molecule has 2 N–H and O–H groups in total. The maximum atomic E-state index is 13.2. The van der Waals surface area contributed by atoms with E-state index in [1.807, 2.05) is 12.4 Å². The van der Waals surface area contributed by atoms with Crippen LogP contribution >= 0.6 is 0 Å². The minimum atomic E-state index is -4.89. The molecule has 1 fully saturated rings. The molecule has 1 aromatic rings. The van der Waals surface area contributed by atoms with Crippen LogP contribution in [-0.2, 0) is 15.8 Å². The first-order valence-corrected chi connectivity index (χ1v) is 7.31. The van der Waals surface area contributed by atoms with Gasteiger partial charge in [0, 0.05) is 18.8 Å². The molecule has 5 nitrogen and oxygen atoms in total. The Morgan fingerprint density at radius 1 is 1.29 bits per heavy atom. The zero-order chi connectivity index (χ0) is 17.9. The highest BCUT2D eigenvalue weighted by Crippen LogP contribution is 2.32. The lowest BCUT2D eigenvalue weighted by molar-refractivity contribution is -0.140. The summed E-state index contributed by atoms with van der Waals surface area (Å²) in [6.07, 6.45) is -3.99. The number of rotatable bonds is 3. The molecule has 0 aromatic heterocycles. The van der Waals surface area contributed by atoms with Gasteiger partial charge in [-0.15, -0.1) is 0 Å². The normalized spacial score (nSPS) is 18.5. The number of likely N-dealkylation sites (tertiary alicyclic amines) is 1. The molecule has 0 aliphatic carbocycles. The van der Waals surface area contributed by atoms with Crippen LogP contribution < -0.4 is 10.6 Å². The molecule has 0 saturated carbocycles. The molecule has 1 heterocycles. The van der Waals surface area contributed by atoms with Crippen LogP contribution in [0.5, 0.6) is 0 Å². The highest BCUT2D eigenvalue weighted by atomic mass is 19.4. The zero-order valence-electron chi connectivity index (χ0n) is 12.9. The quantitative estimate of drug-likeness (QED) is 0.648. The first-order chi connectivity index (χ1) is 11.2. The summed E-state index contributed by atoms with van der Waals surface area (Å²) >= 11 is 0. The average molecular weight is 347 g/mol. The van der Waals surface area contributed by atoms with Crippen molar-refractivity contribution in [1.29, 1.82) is 0 Å². The summed E-state index contributed by atoms with van der Waals surface area (Å²) < 4.78 is 51.0. The fourth-order valence-electron chi connectivity index (χ4n) is 2.52. The van der Waals surface area contributed by atoms with Crippen molar-refractivity contribution < 1.29 is 27.2 Å². The first kappa shape index (κ1) is 18.2. The van der Waals surface area contributed by atoms with Crippen LogP contribution in [0.15, 0.2) is 18.2 Å². The van der Waals surface area contributed by atoms with Crippen molar-refractivity contribution in [2.45, 2.75) is 12.6 Å². The van der Waals surface area contributed by atoms with Crippen molar-refractivity contribution in [2.75, 3.05) is 32.0 Å². The van der Waals surface area contributed by atoms with E-state index in [1.165, 1.54) is 0 Å². The van der Waals surface area contributed by atoms with E-state index in [0.717, 1.165) is 25.6 Å². The summed E-state index contributed by atoms with van der Waals surface area (Å²) in [5.41, 5.74) is -1.81. The Morgan fingerprint density at radius 3 is 2.58 bits per heavy atom. The van der Waals surface area contributed by atoms with Crippen molar-refractivity contribution in [3.63, 3.8) is 0 Å². The van der Waals surface area contributed by atoms with Gasteiger partial charge in [-0.05, 0) is 44.1 Å². The first-order valence-electron chi connectivity index (χ1n) is 7.31. The average Bonchev–Trinajstić information content (AvgIpc) is 2.91. The monoisotopic (exact) mass is 347 g/mol. The van der Waals surface area contributed by atoms with Crippen LogP contribution in [0.2, 0.25) is 0 Å². The Kier molecular flexibility index (Phi) is 5.43. The number of anilines is 1. The Balaban J connectivity index is 1.93.